The first-order valence-corrected chi connectivity index (χ1v) is 10.6. The second-order valence-corrected chi connectivity index (χ2v) is 8.52. The third-order valence-electron chi connectivity index (χ3n) is 5.63. The summed E-state index contributed by atoms with van der Waals surface area (Å²) in [5.74, 6) is -0.0984. The monoisotopic (exact) mass is 470 g/mol. The molecule has 1 saturated heterocycles. The summed E-state index contributed by atoms with van der Waals surface area (Å²) in [6.07, 6.45) is 0.589. The minimum absolute atomic E-state index is 0.153. The van der Waals surface area contributed by atoms with E-state index < -0.39 is 18.3 Å². The number of fused-ring (bicyclic) bond motifs is 1. The van der Waals surface area contributed by atoms with Crippen molar-refractivity contribution in [3.8, 4) is 0 Å². The Balaban J connectivity index is 1.69. The van der Waals surface area contributed by atoms with E-state index in [-0.39, 0.29) is 23.7 Å². The van der Waals surface area contributed by atoms with E-state index in [1.807, 2.05) is 0 Å². The third kappa shape index (κ3) is 4.15. The lowest BCUT2D eigenvalue weighted by Crippen LogP contribution is -2.37. The lowest BCUT2D eigenvalue weighted by Gasteiger charge is -2.34. The number of amides is 1. The first-order chi connectivity index (χ1) is 13.8. The highest BCUT2D eigenvalue weighted by molar-refractivity contribution is 9.10. The molecule has 0 radical (unpaired) electrons. The highest BCUT2D eigenvalue weighted by Gasteiger charge is 2.47. The number of nitrogens with zero attached hydrogens (tertiary/aromatic N) is 3. The predicted octanol–water partition coefficient (Wildman–Crippen LogP) is 5.32. The van der Waals surface area contributed by atoms with E-state index in [1.165, 1.54) is 6.20 Å². The maximum atomic E-state index is 13.8. The van der Waals surface area contributed by atoms with Crippen LogP contribution in [-0.4, -0.2) is 39.9 Å². The van der Waals surface area contributed by atoms with Crippen LogP contribution < -0.4 is 5.32 Å². The second kappa shape index (κ2) is 8.01. The van der Waals surface area contributed by atoms with E-state index >= 15 is 0 Å². The number of aromatic nitrogens is 2. The fraction of sp³-hybridized carbons (Fsp3) is 0.500. The summed E-state index contributed by atoms with van der Waals surface area (Å²) in [6, 6.07) is 4.84. The Morgan fingerprint density at radius 2 is 1.76 bits per heavy atom. The van der Waals surface area contributed by atoms with E-state index in [1.54, 1.807) is 29.2 Å². The number of nitrogens with one attached hydrogen (secondary N) is 1. The van der Waals surface area contributed by atoms with Crippen LogP contribution in [0.3, 0.4) is 0 Å². The van der Waals surface area contributed by atoms with Crippen LogP contribution in [-0.2, 0) is 0 Å². The number of benzene rings is 1. The summed E-state index contributed by atoms with van der Waals surface area (Å²) in [6.45, 7) is 1.25. The van der Waals surface area contributed by atoms with Crippen molar-refractivity contribution in [3.05, 3.63) is 46.1 Å². The molecule has 4 rings (SSSR count). The van der Waals surface area contributed by atoms with Crippen molar-refractivity contribution in [2.75, 3.05) is 18.4 Å². The maximum absolute atomic E-state index is 13.8. The molecule has 1 aromatic heterocycles. The van der Waals surface area contributed by atoms with Gasteiger partial charge in [-0.3, -0.25) is 4.79 Å². The van der Waals surface area contributed by atoms with Crippen molar-refractivity contribution in [1.82, 2.24) is 14.7 Å². The Kier molecular flexibility index (Phi) is 5.59. The van der Waals surface area contributed by atoms with Gasteiger partial charge in [-0.25, -0.2) is 4.68 Å². The van der Waals surface area contributed by atoms with Crippen molar-refractivity contribution >= 4 is 27.7 Å². The van der Waals surface area contributed by atoms with Crippen LogP contribution in [0.15, 0.2) is 34.9 Å². The molecular formula is C20H22BrF3N4O. The molecule has 1 amide bonds. The van der Waals surface area contributed by atoms with Crippen LogP contribution in [0.1, 0.15) is 60.1 Å². The lowest BCUT2D eigenvalue weighted by molar-refractivity contribution is -0.173. The molecule has 0 spiro atoms. The number of carbonyl (C=O) groups excluding carboxylic acids is 1. The van der Waals surface area contributed by atoms with E-state index in [0.29, 0.717) is 13.1 Å². The van der Waals surface area contributed by atoms with Crippen LogP contribution in [0, 0.1) is 0 Å². The van der Waals surface area contributed by atoms with Gasteiger partial charge in [-0.2, -0.15) is 18.3 Å². The fourth-order valence-corrected chi connectivity index (χ4v) is 4.34. The second-order valence-electron chi connectivity index (χ2n) is 7.60. The van der Waals surface area contributed by atoms with Crippen LogP contribution >= 0.6 is 15.9 Å². The highest BCUT2D eigenvalue weighted by Crippen LogP contribution is 2.44. The first-order valence-electron chi connectivity index (χ1n) is 9.80. The molecule has 2 aliphatic rings. The minimum atomic E-state index is -4.46. The lowest BCUT2D eigenvalue weighted by atomic mass is 9.96. The molecule has 2 atom stereocenters. The summed E-state index contributed by atoms with van der Waals surface area (Å²) < 4.78 is 43.2. The summed E-state index contributed by atoms with van der Waals surface area (Å²) >= 11 is 3.35. The quantitative estimate of drug-likeness (QED) is 0.645. The predicted molar refractivity (Wildman–Crippen MR) is 107 cm³/mol. The largest absolute Gasteiger partial charge is 0.410 e. The molecular weight excluding hydrogens is 449 g/mol. The van der Waals surface area contributed by atoms with Crippen molar-refractivity contribution in [2.45, 2.75) is 50.4 Å². The van der Waals surface area contributed by atoms with Gasteiger partial charge >= 0.3 is 6.18 Å². The number of hydrogen-bond donors (Lipinski definition) is 1. The van der Waals surface area contributed by atoms with E-state index in [2.05, 4.69) is 26.3 Å². The molecule has 0 bridgehead atoms. The van der Waals surface area contributed by atoms with Gasteiger partial charge in [0.25, 0.3) is 5.91 Å². The third-order valence-corrected chi connectivity index (χ3v) is 6.16. The average molecular weight is 471 g/mol. The number of halogens is 4. The van der Waals surface area contributed by atoms with Gasteiger partial charge in [0.05, 0.1) is 12.2 Å². The van der Waals surface area contributed by atoms with Crippen molar-refractivity contribution < 1.29 is 18.0 Å². The number of alkyl halides is 3. The van der Waals surface area contributed by atoms with Crippen LogP contribution in [0.4, 0.5) is 19.0 Å². The van der Waals surface area contributed by atoms with Crippen molar-refractivity contribution in [3.63, 3.8) is 0 Å². The van der Waals surface area contributed by atoms with Gasteiger partial charge in [0.15, 0.2) is 6.04 Å². The van der Waals surface area contributed by atoms with Gasteiger partial charge in [-0.05, 0) is 30.5 Å². The molecule has 0 saturated carbocycles. The Morgan fingerprint density at radius 3 is 2.38 bits per heavy atom. The Bertz CT molecular complexity index is 873. The van der Waals surface area contributed by atoms with Gasteiger partial charge in [-0.15, -0.1) is 0 Å². The summed E-state index contributed by atoms with van der Waals surface area (Å²) in [4.78, 5) is 14.8. The molecule has 5 nitrogen and oxygen atoms in total. The van der Waals surface area contributed by atoms with E-state index in [0.717, 1.165) is 40.4 Å². The summed E-state index contributed by atoms with van der Waals surface area (Å²) in [7, 11) is 0. The molecule has 2 aromatic rings. The smallest absolute Gasteiger partial charge is 0.363 e. The molecule has 3 heterocycles. The van der Waals surface area contributed by atoms with E-state index in [4.69, 9.17) is 0 Å². The molecule has 9 heteroatoms. The number of carbonyl (C=O) groups is 1. The summed E-state index contributed by atoms with van der Waals surface area (Å²) in [5, 5.41) is 7.12. The fourth-order valence-electron chi connectivity index (χ4n) is 4.08. The van der Waals surface area contributed by atoms with Gasteiger partial charge in [-0.1, -0.05) is 40.9 Å². The Labute approximate surface area is 175 Å². The Morgan fingerprint density at radius 1 is 1.10 bits per heavy atom. The van der Waals surface area contributed by atoms with Gasteiger partial charge in [0, 0.05) is 24.0 Å². The molecule has 2 unspecified atom stereocenters. The summed E-state index contributed by atoms with van der Waals surface area (Å²) in [5.41, 5.74) is 0.950. The molecule has 1 fully saturated rings. The Hall–Kier alpha value is -2.03. The minimum Gasteiger partial charge on any atom is -0.363 e. The highest BCUT2D eigenvalue weighted by atomic mass is 79.9. The molecule has 0 aliphatic carbocycles. The number of likely N-dealkylation sites (tertiary alicyclic amines) is 1. The number of rotatable bonds is 2. The zero-order valence-corrected chi connectivity index (χ0v) is 17.3. The normalized spacial score (nSPS) is 22.6. The van der Waals surface area contributed by atoms with Crippen molar-refractivity contribution in [1.29, 1.82) is 0 Å². The number of hydrogen-bond acceptors (Lipinski definition) is 3. The first kappa shape index (κ1) is 20.3. The van der Waals surface area contributed by atoms with Gasteiger partial charge in [0.2, 0.25) is 0 Å². The molecule has 156 valence electrons. The van der Waals surface area contributed by atoms with Gasteiger partial charge < -0.3 is 10.2 Å². The SMILES string of the molecule is O=C(c1cnn2c1NC(c1ccc(Br)cc1)CC2C(F)(F)F)N1CCCCCC1. The maximum Gasteiger partial charge on any atom is 0.410 e. The molecule has 29 heavy (non-hydrogen) atoms. The molecule has 2 aliphatic heterocycles. The van der Waals surface area contributed by atoms with Gasteiger partial charge in [0.1, 0.15) is 11.4 Å². The molecule has 1 N–H and O–H groups in total. The van der Waals surface area contributed by atoms with Crippen LogP contribution in [0.2, 0.25) is 0 Å². The zero-order chi connectivity index (χ0) is 20.6. The molecule has 1 aromatic carbocycles. The van der Waals surface area contributed by atoms with Crippen LogP contribution in [0.25, 0.3) is 0 Å². The van der Waals surface area contributed by atoms with Crippen LogP contribution in [0.5, 0.6) is 0 Å². The average Bonchev–Trinajstić information content (AvgIpc) is 2.92. The topological polar surface area (TPSA) is 50.2 Å². The van der Waals surface area contributed by atoms with E-state index in [9.17, 15) is 18.0 Å². The van der Waals surface area contributed by atoms with Crippen molar-refractivity contribution in [2.24, 2.45) is 0 Å². The standard InChI is InChI=1S/C20H22BrF3N4O/c21-14-7-5-13(6-8-14)16-11-17(20(22,23)24)28-18(26-16)15(12-25-28)19(29)27-9-3-1-2-4-10-27/h5-8,12,16-17,26H,1-4,9-11H2. The number of anilines is 1. The zero-order valence-electron chi connectivity index (χ0n) is 15.8.